The number of benzene rings is 1. The molecule has 0 amide bonds. The molecule has 2 nitrogen and oxygen atoms in total. The van der Waals surface area contributed by atoms with E-state index in [1.807, 2.05) is 6.92 Å². The second kappa shape index (κ2) is 3.42. The maximum Gasteiger partial charge on any atom is 0.134 e. The third-order valence-corrected chi connectivity index (χ3v) is 2.21. The number of aliphatic hydroxyl groups is 1. The van der Waals surface area contributed by atoms with Gasteiger partial charge in [-0.1, -0.05) is 6.92 Å². The molecule has 0 aliphatic carbocycles. The predicted octanol–water partition coefficient (Wildman–Crippen LogP) is 3.02. The molecule has 1 N–H and O–H groups in total. The molecular weight excluding hydrogens is 183 g/mol. The van der Waals surface area contributed by atoms with E-state index >= 15 is 0 Å². The van der Waals surface area contributed by atoms with Crippen LogP contribution in [0.1, 0.15) is 25.2 Å². The molecule has 2 aromatic rings. The van der Waals surface area contributed by atoms with E-state index in [4.69, 9.17) is 4.42 Å². The number of aliphatic hydroxyl groups excluding tert-OH is 1. The number of hydrogen-bond acceptors (Lipinski definition) is 2. The highest BCUT2D eigenvalue weighted by Gasteiger charge is 2.11. The molecule has 0 spiro atoms. The lowest BCUT2D eigenvalue weighted by atomic mass is 10.2. The molecule has 0 fully saturated rings. The molecule has 0 unspecified atom stereocenters. The Morgan fingerprint density at radius 1 is 1.43 bits per heavy atom. The minimum atomic E-state index is -0.606. The van der Waals surface area contributed by atoms with Crippen LogP contribution in [0.5, 0.6) is 0 Å². The predicted molar refractivity (Wildman–Crippen MR) is 51.4 cm³/mol. The third kappa shape index (κ3) is 1.51. The van der Waals surface area contributed by atoms with E-state index in [0.717, 1.165) is 0 Å². The zero-order valence-electron chi connectivity index (χ0n) is 7.83. The molecule has 14 heavy (non-hydrogen) atoms. The quantitative estimate of drug-likeness (QED) is 0.797. The van der Waals surface area contributed by atoms with E-state index in [-0.39, 0.29) is 5.82 Å². The molecule has 0 saturated heterocycles. The Labute approximate surface area is 81.0 Å². The largest absolute Gasteiger partial charge is 0.458 e. The highest BCUT2D eigenvalue weighted by molar-refractivity contribution is 5.77. The second-order valence-corrected chi connectivity index (χ2v) is 3.25. The van der Waals surface area contributed by atoms with Gasteiger partial charge in [-0.15, -0.1) is 0 Å². The van der Waals surface area contributed by atoms with Crippen LogP contribution < -0.4 is 0 Å². The summed E-state index contributed by atoms with van der Waals surface area (Å²) >= 11 is 0. The van der Waals surface area contributed by atoms with Crippen LogP contribution in [0.25, 0.3) is 11.0 Å². The van der Waals surface area contributed by atoms with Crippen LogP contribution in [0.15, 0.2) is 28.7 Å². The van der Waals surface area contributed by atoms with Gasteiger partial charge in [-0.2, -0.15) is 0 Å². The van der Waals surface area contributed by atoms with E-state index in [1.54, 1.807) is 12.1 Å². The minimum Gasteiger partial charge on any atom is -0.458 e. The monoisotopic (exact) mass is 194 g/mol. The molecule has 0 aliphatic rings. The van der Waals surface area contributed by atoms with Crippen molar-refractivity contribution in [2.75, 3.05) is 0 Å². The summed E-state index contributed by atoms with van der Waals surface area (Å²) in [7, 11) is 0. The summed E-state index contributed by atoms with van der Waals surface area (Å²) < 4.78 is 18.2. The Hall–Kier alpha value is -1.35. The SMILES string of the molecule is CC[C@H](O)c1cc2cc(F)ccc2o1. The van der Waals surface area contributed by atoms with Crippen LogP contribution in [0.2, 0.25) is 0 Å². The van der Waals surface area contributed by atoms with Gasteiger partial charge in [-0.05, 0) is 30.7 Å². The van der Waals surface area contributed by atoms with Crippen molar-refractivity contribution in [3.8, 4) is 0 Å². The molecule has 0 bridgehead atoms. The highest BCUT2D eigenvalue weighted by Crippen LogP contribution is 2.25. The van der Waals surface area contributed by atoms with E-state index in [2.05, 4.69) is 0 Å². The first kappa shape index (κ1) is 9.21. The van der Waals surface area contributed by atoms with Gasteiger partial charge >= 0.3 is 0 Å². The Balaban J connectivity index is 2.51. The summed E-state index contributed by atoms with van der Waals surface area (Å²) in [6.07, 6.45) is -0.0204. The summed E-state index contributed by atoms with van der Waals surface area (Å²) in [5.74, 6) is 0.198. The van der Waals surface area contributed by atoms with Crippen LogP contribution in [-0.2, 0) is 0 Å². The number of furan rings is 1. The average molecular weight is 194 g/mol. The smallest absolute Gasteiger partial charge is 0.134 e. The fourth-order valence-corrected chi connectivity index (χ4v) is 1.40. The van der Waals surface area contributed by atoms with Crippen molar-refractivity contribution in [2.24, 2.45) is 0 Å². The average Bonchev–Trinajstić information content (AvgIpc) is 2.59. The number of halogens is 1. The molecule has 1 aromatic heterocycles. The first-order valence-corrected chi connectivity index (χ1v) is 4.57. The Kier molecular flexibility index (Phi) is 2.25. The molecule has 3 heteroatoms. The van der Waals surface area contributed by atoms with E-state index in [1.165, 1.54) is 12.1 Å². The van der Waals surface area contributed by atoms with E-state index in [0.29, 0.717) is 23.2 Å². The normalized spacial score (nSPS) is 13.4. The second-order valence-electron chi connectivity index (χ2n) is 3.25. The van der Waals surface area contributed by atoms with Crippen LogP contribution in [-0.4, -0.2) is 5.11 Å². The molecule has 0 radical (unpaired) electrons. The third-order valence-electron chi connectivity index (χ3n) is 2.21. The van der Waals surface area contributed by atoms with E-state index in [9.17, 15) is 9.50 Å². The molecule has 74 valence electrons. The van der Waals surface area contributed by atoms with Crippen LogP contribution >= 0.6 is 0 Å². The lowest BCUT2D eigenvalue weighted by Gasteiger charge is -2.00. The fraction of sp³-hybridized carbons (Fsp3) is 0.273. The lowest BCUT2D eigenvalue weighted by molar-refractivity contribution is 0.148. The zero-order valence-corrected chi connectivity index (χ0v) is 7.83. The Morgan fingerprint density at radius 3 is 2.93 bits per heavy atom. The molecule has 1 aromatic carbocycles. The van der Waals surface area contributed by atoms with Crippen LogP contribution in [0.3, 0.4) is 0 Å². The van der Waals surface area contributed by atoms with Crippen LogP contribution in [0, 0.1) is 5.82 Å². The molecular formula is C11H11FO2. The number of hydrogen-bond donors (Lipinski definition) is 1. The molecule has 0 saturated carbocycles. The molecule has 1 heterocycles. The van der Waals surface area contributed by atoms with Gasteiger partial charge in [0.25, 0.3) is 0 Å². The Bertz CT molecular complexity index is 447. The lowest BCUT2D eigenvalue weighted by Crippen LogP contribution is -1.90. The van der Waals surface area contributed by atoms with Gasteiger partial charge in [0.1, 0.15) is 23.3 Å². The van der Waals surface area contributed by atoms with Gasteiger partial charge in [0, 0.05) is 5.39 Å². The van der Waals surface area contributed by atoms with Gasteiger partial charge in [0.15, 0.2) is 0 Å². The maximum atomic E-state index is 12.8. The van der Waals surface area contributed by atoms with Crippen molar-refractivity contribution in [1.82, 2.24) is 0 Å². The van der Waals surface area contributed by atoms with Gasteiger partial charge in [0.05, 0.1) is 0 Å². The topological polar surface area (TPSA) is 33.4 Å². The van der Waals surface area contributed by atoms with Crippen molar-refractivity contribution in [3.05, 3.63) is 35.8 Å². The van der Waals surface area contributed by atoms with Gasteiger partial charge in [-0.3, -0.25) is 0 Å². The van der Waals surface area contributed by atoms with Crippen molar-refractivity contribution in [1.29, 1.82) is 0 Å². The molecule has 0 aliphatic heterocycles. The maximum absolute atomic E-state index is 12.8. The van der Waals surface area contributed by atoms with Crippen molar-refractivity contribution in [2.45, 2.75) is 19.4 Å². The summed E-state index contributed by atoms with van der Waals surface area (Å²) in [6, 6.07) is 5.97. The molecule has 1 atom stereocenters. The zero-order chi connectivity index (χ0) is 10.1. The minimum absolute atomic E-state index is 0.296. The first-order chi connectivity index (χ1) is 6.70. The van der Waals surface area contributed by atoms with Crippen LogP contribution in [0.4, 0.5) is 4.39 Å². The summed E-state index contributed by atoms with van der Waals surface area (Å²) in [5, 5.41) is 10.2. The summed E-state index contributed by atoms with van der Waals surface area (Å²) in [5.41, 5.74) is 0.605. The fourth-order valence-electron chi connectivity index (χ4n) is 1.40. The number of fused-ring (bicyclic) bond motifs is 1. The summed E-state index contributed by atoms with van der Waals surface area (Å²) in [4.78, 5) is 0. The van der Waals surface area contributed by atoms with Gasteiger partial charge < -0.3 is 9.52 Å². The summed E-state index contributed by atoms with van der Waals surface area (Å²) in [6.45, 7) is 1.86. The van der Waals surface area contributed by atoms with Crippen molar-refractivity contribution >= 4 is 11.0 Å². The van der Waals surface area contributed by atoms with E-state index < -0.39 is 6.10 Å². The standard InChI is InChI=1S/C11H11FO2/c1-2-9(13)11-6-7-5-8(12)3-4-10(7)14-11/h3-6,9,13H,2H2,1H3/t9-/m0/s1. The van der Waals surface area contributed by atoms with Crippen molar-refractivity contribution < 1.29 is 13.9 Å². The first-order valence-electron chi connectivity index (χ1n) is 4.57. The highest BCUT2D eigenvalue weighted by atomic mass is 19.1. The van der Waals surface area contributed by atoms with Crippen molar-refractivity contribution in [3.63, 3.8) is 0 Å². The number of rotatable bonds is 2. The molecule has 2 rings (SSSR count). The van der Waals surface area contributed by atoms with Gasteiger partial charge in [-0.25, -0.2) is 4.39 Å². The van der Waals surface area contributed by atoms with Gasteiger partial charge in [0.2, 0.25) is 0 Å². The Morgan fingerprint density at radius 2 is 2.21 bits per heavy atom.